The molecule has 1 unspecified atom stereocenters. The number of rotatable bonds is 4. The van der Waals surface area contributed by atoms with Crippen LogP contribution in [0, 0.1) is 5.92 Å². The van der Waals surface area contributed by atoms with Crippen LogP contribution >= 0.6 is 0 Å². The van der Waals surface area contributed by atoms with Crippen LogP contribution in [0.3, 0.4) is 0 Å². The van der Waals surface area contributed by atoms with Gasteiger partial charge in [0.1, 0.15) is 5.76 Å². The fourth-order valence-electron chi connectivity index (χ4n) is 2.20. The van der Waals surface area contributed by atoms with E-state index >= 15 is 0 Å². The van der Waals surface area contributed by atoms with Crippen molar-refractivity contribution in [3.63, 3.8) is 0 Å². The van der Waals surface area contributed by atoms with Crippen molar-refractivity contribution in [2.75, 3.05) is 0 Å². The molecule has 0 heterocycles. The summed E-state index contributed by atoms with van der Waals surface area (Å²) in [5.41, 5.74) is 1.68. The normalized spacial score (nSPS) is 20.1. The van der Waals surface area contributed by atoms with Gasteiger partial charge < -0.3 is 4.74 Å². The number of carbonyl (C=O) groups is 2. The molecule has 0 fully saturated rings. The molecule has 0 aliphatic heterocycles. The molecule has 0 saturated heterocycles. The first-order chi connectivity index (χ1) is 9.58. The Kier molecular flexibility index (Phi) is 4.51. The molecule has 1 aliphatic carbocycles. The molecule has 0 radical (unpaired) electrons. The van der Waals surface area contributed by atoms with Gasteiger partial charge in [-0.25, -0.2) is 0 Å². The van der Waals surface area contributed by atoms with Gasteiger partial charge in [0.05, 0.1) is 5.57 Å². The summed E-state index contributed by atoms with van der Waals surface area (Å²) >= 11 is 0. The predicted molar refractivity (Wildman–Crippen MR) is 76.9 cm³/mol. The van der Waals surface area contributed by atoms with Crippen molar-refractivity contribution in [1.82, 2.24) is 0 Å². The fourth-order valence-corrected chi connectivity index (χ4v) is 2.20. The summed E-state index contributed by atoms with van der Waals surface area (Å²) in [6, 6.07) is 9.93. The van der Waals surface area contributed by atoms with E-state index in [1.165, 1.54) is 6.92 Å². The third kappa shape index (κ3) is 3.44. The molecule has 1 aliphatic rings. The summed E-state index contributed by atoms with van der Waals surface area (Å²) in [5, 5.41) is 0. The Morgan fingerprint density at radius 2 is 1.95 bits per heavy atom. The molecule has 0 N–H and O–H groups in total. The zero-order valence-electron chi connectivity index (χ0n) is 11.8. The molecule has 3 nitrogen and oxygen atoms in total. The number of hydrogen-bond acceptors (Lipinski definition) is 3. The van der Waals surface area contributed by atoms with E-state index in [1.54, 1.807) is 6.08 Å². The highest BCUT2D eigenvalue weighted by Gasteiger charge is 2.24. The van der Waals surface area contributed by atoms with Gasteiger partial charge in [-0.3, -0.25) is 9.59 Å². The highest BCUT2D eigenvalue weighted by Crippen LogP contribution is 2.25. The SMILES string of the molecule is CC(=O)O/C(CCc1ccccc1)=C1/C=CC(C)C1=O. The van der Waals surface area contributed by atoms with Gasteiger partial charge in [-0.15, -0.1) is 0 Å². The minimum atomic E-state index is -0.388. The zero-order chi connectivity index (χ0) is 14.5. The van der Waals surface area contributed by atoms with Gasteiger partial charge >= 0.3 is 5.97 Å². The first kappa shape index (κ1) is 14.3. The van der Waals surface area contributed by atoms with Crippen LogP contribution in [-0.4, -0.2) is 11.8 Å². The Balaban J connectivity index is 2.17. The molecule has 20 heavy (non-hydrogen) atoms. The maximum Gasteiger partial charge on any atom is 0.307 e. The number of aryl methyl sites for hydroxylation is 1. The van der Waals surface area contributed by atoms with Crippen molar-refractivity contribution in [1.29, 1.82) is 0 Å². The van der Waals surface area contributed by atoms with Crippen molar-refractivity contribution >= 4 is 11.8 Å². The second kappa shape index (κ2) is 6.33. The van der Waals surface area contributed by atoms with E-state index in [-0.39, 0.29) is 17.7 Å². The number of ether oxygens (including phenoxy) is 1. The average molecular weight is 270 g/mol. The summed E-state index contributed by atoms with van der Waals surface area (Å²) in [7, 11) is 0. The Bertz CT molecular complexity index is 567. The highest BCUT2D eigenvalue weighted by molar-refractivity contribution is 6.04. The maximum absolute atomic E-state index is 12.0. The second-order valence-corrected chi connectivity index (χ2v) is 4.93. The Hall–Kier alpha value is -2.16. The van der Waals surface area contributed by atoms with Gasteiger partial charge in [-0.05, 0) is 12.0 Å². The lowest BCUT2D eigenvalue weighted by Gasteiger charge is -2.10. The number of Topliss-reactive ketones (excluding diaryl/α,β-unsaturated/α-hetero) is 1. The highest BCUT2D eigenvalue weighted by atomic mass is 16.5. The molecule has 0 spiro atoms. The molecule has 0 bridgehead atoms. The summed E-state index contributed by atoms with van der Waals surface area (Å²) in [4.78, 5) is 23.2. The fraction of sp³-hybridized carbons (Fsp3) is 0.294. The van der Waals surface area contributed by atoms with Crippen LogP contribution in [0.4, 0.5) is 0 Å². The first-order valence-corrected chi connectivity index (χ1v) is 6.76. The van der Waals surface area contributed by atoms with Crippen LogP contribution in [0.1, 0.15) is 25.8 Å². The first-order valence-electron chi connectivity index (χ1n) is 6.76. The lowest BCUT2D eigenvalue weighted by atomic mass is 10.0. The standard InChI is InChI=1S/C17H18O3/c1-12-8-10-15(17(12)19)16(20-13(2)18)11-9-14-6-4-3-5-7-14/h3-8,10,12H,9,11H2,1-2H3/b16-15-. The monoisotopic (exact) mass is 270 g/mol. The van der Waals surface area contributed by atoms with E-state index in [0.29, 0.717) is 17.8 Å². The number of ketones is 1. The summed E-state index contributed by atoms with van der Waals surface area (Å²) in [6.07, 6.45) is 4.88. The van der Waals surface area contributed by atoms with Crippen LogP contribution in [0.5, 0.6) is 0 Å². The third-order valence-electron chi connectivity index (χ3n) is 3.28. The van der Waals surface area contributed by atoms with Crippen molar-refractivity contribution in [2.45, 2.75) is 26.7 Å². The van der Waals surface area contributed by atoms with Crippen LogP contribution in [-0.2, 0) is 20.7 Å². The van der Waals surface area contributed by atoms with E-state index in [2.05, 4.69) is 0 Å². The van der Waals surface area contributed by atoms with Crippen LogP contribution in [0.15, 0.2) is 53.8 Å². The lowest BCUT2D eigenvalue weighted by Crippen LogP contribution is -2.10. The number of allylic oxidation sites excluding steroid dienone is 4. The van der Waals surface area contributed by atoms with Crippen LogP contribution in [0.25, 0.3) is 0 Å². The number of esters is 1. The number of hydrogen-bond donors (Lipinski definition) is 0. The number of carbonyl (C=O) groups excluding carboxylic acids is 2. The quantitative estimate of drug-likeness (QED) is 0.479. The molecular weight excluding hydrogens is 252 g/mol. The minimum Gasteiger partial charge on any atom is -0.430 e. The van der Waals surface area contributed by atoms with Gasteiger partial charge in [0, 0.05) is 19.3 Å². The molecule has 0 saturated carbocycles. The zero-order valence-corrected chi connectivity index (χ0v) is 11.8. The smallest absolute Gasteiger partial charge is 0.307 e. The van der Waals surface area contributed by atoms with E-state index in [4.69, 9.17) is 4.74 Å². The van der Waals surface area contributed by atoms with Crippen molar-refractivity contribution in [3.05, 3.63) is 59.4 Å². The van der Waals surface area contributed by atoms with Gasteiger partial charge in [0.15, 0.2) is 5.78 Å². The molecule has 3 heteroatoms. The summed E-state index contributed by atoms with van der Waals surface area (Å²) < 4.78 is 5.24. The van der Waals surface area contributed by atoms with E-state index < -0.39 is 0 Å². The van der Waals surface area contributed by atoms with Gasteiger partial charge in [-0.1, -0.05) is 49.4 Å². The summed E-state index contributed by atoms with van der Waals surface area (Å²) in [5.74, 6) is -0.0186. The van der Waals surface area contributed by atoms with E-state index in [9.17, 15) is 9.59 Å². The van der Waals surface area contributed by atoms with Crippen LogP contribution < -0.4 is 0 Å². The van der Waals surface area contributed by atoms with Crippen molar-refractivity contribution in [2.24, 2.45) is 5.92 Å². The molecule has 0 amide bonds. The molecule has 1 aromatic rings. The van der Waals surface area contributed by atoms with Gasteiger partial charge in [-0.2, -0.15) is 0 Å². The Morgan fingerprint density at radius 3 is 2.50 bits per heavy atom. The largest absolute Gasteiger partial charge is 0.430 e. The van der Waals surface area contributed by atoms with E-state index in [1.807, 2.05) is 43.3 Å². The molecule has 1 aromatic carbocycles. The molecule has 0 aromatic heterocycles. The van der Waals surface area contributed by atoms with Gasteiger partial charge in [0.25, 0.3) is 0 Å². The van der Waals surface area contributed by atoms with Crippen molar-refractivity contribution < 1.29 is 14.3 Å². The maximum atomic E-state index is 12.0. The molecule has 2 rings (SSSR count). The van der Waals surface area contributed by atoms with Gasteiger partial charge in [0.2, 0.25) is 0 Å². The Morgan fingerprint density at radius 1 is 1.25 bits per heavy atom. The third-order valence-corrected chi connectivity index (χ3v) is 3.28. The van der Waals surface area contributed by atoms with Crippen LogP contribution in [0.2, 0.25) is 0 Å². The average Bonchev–Trinajstić information content (AvgIpc) is 2.76. The summed E-state index contributed by atoms with van der Waals surface area (Å²) in [6.45, 7) is 3.20. The molecular formula is C17H18O3. The topological polar surface area (TPSA) is 43.4 Å². The predicted octanol–water partition coefficient (Wildman–Crippen LogP) is 3.21. The molecule has 104 valence electrons. The second-order valence-electron chi connectivity index (χ2n) is 4.93. The Labute approximate surface area is 118 Å². The minimum absolute atomic E-state index is 0.0225. The lowest BCUT2D eigenvalue weighted by molar-refractivity contribution is -0.137. The van der Waals surface area contributed by atoms with Crippen molar-refractivity contribution in [3.8, 4) is 0 Å². The van der Waals surface area contributed by atoms with E-state index in [0.717, 1.165) is 12.0 Å². The molecule has 1 atom stereocenters. The number of benzene rings is 1.